The number of fused-ring (bicyclic) bond motifs is 1. The van der Waals surface area contributed by atoms with Crippen LogP contribution in [0.15, 0.2) is 60.8 Å². The first-order valence-corrected chi connectivity index (χ1v) is 6.50. The highest BCUT2D eigenvalue weighted by Gasteiger charge is 2.12. The lowest BCUT2D eigenvalue weighted by Gasteiger charge is -2.08. The molecule has 4 heteroatoms. The van der Waals surface area contributed by atoms with E-state index in [4.69, 9.17) is 4.74 Å². The number of nitrogens with zero attached hydrogens (tertiary/aromatic N) is 1. The number of carbonyl (C=O) groups is 1. The first-order chi connectivity index (χ1) is 10.3. The van der Waals surface area contributed by atoms with Crippen molar-refractivity contribution in [2.45, 2.75) is 0 Å². The number of pyridine rings is 1. The van der Waals surface area contributed by atoms with Gasteiger partial charge >= 0.3 is 0 Å². The zero-order valence-corrected chi connectivity index (χ0v) is 11.1. The van der Waals surface area contributed by atoms with Gasteiger partial charge in [0, 0.05) is 11.6 Å². The molecule has 2 aromatic carbocycles. The molecule has 0 unspecified atom stereocenters. The van der Waals surface area contributed by atoms with Crippen molar-refractivity contribution in [3.63, 3.8) is 0 Å². The number of benzene rings is 2. The van der Waals surface area contributed by atoms with E-state index in [0.29, 0.717) is 5.75 Å². The third-order valence-electron chi connectivity index (χ3n) is 3.14. The molecular formula is C17H12FNO2. The number of ether oxygens (including phenoxy) is 1. The molecule has 104 valence electrons. The molecule has 3 rings (SSSR count). The minimum absolute atomic E-state index is 0.0378. The van der Waals surface area contributed by atoms with E-state index in [9.17, 15) is 9.18 Å². The van der Waals surface area contributed by atoms with E-state index in [2.05, 4.69) is 4.98 Å². The monoisotopic (exact) mass is 281 g/mol. The third-order valence-corrected chi connectivity index (χ3v) is 3.14. The number of Topliss-reactive ketones (excluding diaryl/α,β-unsaturated/α-hetero) is 1. The summed E-state index contributed by atoms with van der Waals surface area (Å²) in [7, 11) is 0. The standard InChI is InChI=1S/C17H12FNO2/c18-14-7-2-1-5-12(14)16(20)11-21-17-9-3-8-15-13(17)6-4-10-19-15/h1-10H,11H2. The smallest absolute Gasteiger partial charge is 0.203 e. The average Bonchev–Trinajstić information content (AvgIpc) is 2.53. The summed E-state index contributed by atoms with van der Waals surface area (Å²) < 4.78 is 19.1. The Morgan fingerprint density at radius 1 is 1.05 bits per heavy atom. The van der Waals surface area contributed by atoms with Crippen molar-refractivity contribution in [3.05, 3.63) is 72.2 Å². The van der Waals surface area contributed by atoms with Gasteiger partial charge in [-0.15, -0.1) is 0 Å². The fraction of sp³-hybridized carbons (Fsp3) is 0.0588. The summed E-state index contributed by atoms with van der Waals surface area (Å²) in [6.45, 7) is -0.213. The molecule has 0 saturated heterocycles. The summed E-state index contributed by atoms with van der Waals surface area (Å²) in [6.07, 6.45) is 1.69. The number of hydrogen-bond donors (Lipinski definition) is 0. The van der Waals surface area contributed by atoms with Crippen LogP contribution < -0.4 is 4.74 Å². The fourth-order valence-corrected chi connectivity index (χ4v) is 2.11. The lowest BCUT2D eigenvalue weighted by Crippen LogP contribution is -2.13. The highest BCUT2D eigenvalue weighted by atomic mass is 19.1. The van der Waals surface area contributed by atoms with Crippen LogP contribution in [-0.4, -0.2) is 17.4 Å². The molecule has 3 nitrogen and oxygen atoms in total. The van der Waals surface area contributed by atoms with Crippen molar-refractivity contribution >= 4 is 16.7 Å². The Morgan fingerprint density at radius 2 is 1.90 bits per heavy atom. The lowest BCUT2D eigenvalue weighted by atomic mass is 10.1. The van der Waals surface area contributed by atoms with E-state index < -0.39 is 11.6 Å². The molecule has 0 N–H and O–H groups in total. The molecular weight excluding hydrogens is 269 g/mol. The van der Waals surface area contributed by atoms with Crippen LogP contribution in [0.4, 0.5) is 4.39 Å². The number of hydrogen-bond acceptors (Lipinski definition) is 3. The Kier molecular flexibility index (Phi) is 3.60. The second-order valence-corrected chi connectivity index (χ2v) is 4.52. The first kappa shape index (κ1) is 13.2. The number of halogens is 1. The molecule has 0 bridgehead atoms. The topological polar surface area (TPSA) is 39.2 Å². The molecule has 0 aliphatic carbocycles. The van der Waals surface area contributed by atoms with Crippen molar-refractivity contribution in [2.75, 3.05) is 6.61 Å². The Labute approximate surface area is 121 Å². The highest BCUT2D eigenvalue weighted by molar-refractivity contribution is 5.97. The van der Waals surface area contributed by atoms with Gasteiger partial charge < -0.3 is 4.74 Å². The largest absolute Gasteiger partial charge is 0.485 e. The minimum Gasteiger partial charge on any atom is -0.485 e. The number of aromatic nitrogens is 1. The minimum atomic E-state index is -0.536. The van der Waals surface area contributed by atoms with Gasteiger partial charge in [0.15, 0.2) is 6.61 Å². The maximum atomic E-state index is 13.5. The molecule has 0 aliphatic heterocycles. The third kappa shape index (κ3) is 2.74. The summed E-state index contributed by atoms with van der Waals surface area (Å²) in [6, 6.07) is 15.0. The van der Waals surface area contributed by atoms with Crippen LogP contribution in [0.5, 0.6) is 5.75 Å². The van der Waals surface area contributed by atoms with E-state index in [1.165, 1.54) is 12.1 Å². The maximum Gasteiger partial charge on any atom is 0.203 e. The van der Waals surface area contributed by atoms with Crippen molar-refractivity contribution in [2.24, 2.45) is 0 Å². The first-order valence-electron chi connectivity index (χ1n) is 6.50. The summed E-state index contributed by atoms with van der Waals surface area (Å²) in [5.74, 6) is -0.370. The molecule has 0 spiro atoms. The molecule has 1 aromatic heterocycles. The molecule has 0 aliphatic rings. The van der Waals surface area contributed by atoms with Gasteiger partial charge in [0.2, 0.25) is 5.78 Å². The van der Waals surface area contributed by atoms with Crippen molar-refractivity contribution in [1.82, 2.24) is 4.98 Å². The molecule has 0 fully saturated rings. The van der Waals surface area contributed by atoms with Crippen molar-refractivity contribution in [3.8, 4) is 5.75 Å². The summed E-state index contributed by atoms with van der Waals surface area (Å²) in [5, 5.41) is 0.821. The summed E-state index contributed by atoms with van der Waals surface area (Å²) in [4.78, 5) is 16.2. The van der Waals surface area contributed by atoms with Crippen LogP contribution in [0.2, 0.25) is 0 Å². The SMILES string of the molecule is O=C(COc1cccc2ncccc12)c1ccccc1F. The van der Waals surface area contributed by atoms with Gasteiger partial charge in [0.25, 0.3) is 0 Å². The quantitative estimate of drug-likeness (QED) is 0.685. The summed E-state index contributed by atoms with van der Waals surface area (Å²) >= 11 is 0. The molecule has 0 saturated carbocycles. The lowest BCUT2D eigenvalue weighted by molar-refractivity contribution is 0.0918. The number of rotatable bonds is 4. The molecule has 0 radical (unpaired) electrons. The van der Waals surface area contributed by atoms with E-state index in [1.54, 1.807) is 36.5 Å². The van der Waals surface area contributed by atoms with E-state index in [0.717, 1.165) is 10.9 Å². The Hall–Kier alpha value is -2.75. The average molecular weight is 281 g/mol. The highest BCUT2D eigenvalue weighted by Crippen LogP contribution is 2.23. The normalized spacial score (nSPS) is 10.5. The van der Waals surface area contributed by atoms with Crippen LogP contribution in [0.1, 0.15) is 10.4 Å². The van der Waals surface area contributed by atoms with Crippen LogP contribution in [0.3, 0.4) is 0 Å². The predicted octanol–water partition coefficient (Wildman–Crippen LogP) is 3.64. The van der Waals surface area contributed by atoms with Gasteiger partial charge in [-0.1, -0.05) is 18.2 Å². The predicted molar refractivity (Wildman–Crippen MR) is 78.0 cm³/mol. The van der Waals surface area contributed by atoms with Gasteiger partial charge in [-0.2, -0.15) is 0 Å². The van der Waals surface area contributed by atoms with E-state index in [1.807, 2.05) is 12.1 Å². The Morgan fingerprint density at radius 3 is 2.76 bits per heavy atom. The maximum absolute atomic E-state index is 13.5. The van der Waals surface area contributed by atoms with Crippen LogP contribution in [0, 0.1) is 5.82 Å². The van der Waals surface area contributed by atoms with Gasteiger partial charge in [-0.25, -0.2) is 4.39 Å². The Balaban J connectivity index is 1.81. The van der Waals surface area contributed by atoms with Crippen molar-refractivity contribution in [1.29, 1.82) is 0 Å². The zero-order valence-electron chi connectivity index (χ0n) is 11.1. The van der Waals surface area contributed by atoms with Crippen molar-refractivity contribution < 1.29 is 13.9 Å². The second-order valence-electron chi connectivity index (χ2n) is 4.52. The molecule has 1 heterocycles. The van der Waals surface area contributed by atoms with Crippen LogP contribution in [-0.2, 0) is 0 Å². The van der Waals surface area contributed by atoms with E-state index in [-0.39, 0.29) is 12.2 Å². The van der Waals surface area contributed by atoms with Gasteiger partial charge in [-0.3, -0.25) is 9.78 Å². The molecule has 3 aromatic rings. The second kappa shape index (κ2) is 5.71. The van der Waals surface area contributed by atoms with Gasteiger partial charge in [0.05, 0.1) is 11.1 Å². The Bertz CT molecular complexity index is 796. The summed E-state index contributed by atoms with van der Waals surface area (Å²) in [5.41, 5.74) is 0.823. The van der Waals surface area contributed by atoms with Crippen LogP contribution >= 0.6 is 0 Å². The molecule has 21 heavy (non-hydrogen) atoms. The van der Waals surface area contributed by atoms with Gasteiger partial charge in [-0.05, 0) is 36.4 Å². The number of ketones is 1. The molecule has 0 amide bonds. The zero-order chi connectivity index (χ0) is 14.7. The van der Waals surface area contributed by atoms with Gasteiger partial charge in [0.1, 0.15) is 11.6 Å². The molecule has 0 atom stereocenters. The fourth-order valence-electron chi connectivity index (χ4n) is 2.11. The number of carbonyl (C=O) groups excluding carboxylic acids is 1. The van der Waals surface area contributed by atoms with Crippen LogP contribution in [0.25, 0.3) is 10.9 Å². The van der Waals surface area contributed by atoms with E-state index >= 15 is 0 Å².